The maximum Gasteiger partial charge on any atom is 0.407 e. The van der Waals surface area contributed by atoms with E-state index in [9.17, 15) is 18.6 Å². The molecule has 41 heavy (non-hydrogen) atoms. The third kappa shape index (κ3) is 33.7. The fourth-order valence-electron chi connectivity index (χ4n) is 1.80. The van der Waals surface area contributed by atoms with Crippen molar-refractivity contribution in [2.75, 3.05) is 79.6 Å². The highest BCUT2D eigenvalue weighted by Crippen LogP contribution is 2.20. The highest BCUT2D eigenvalue weighted by molar-refractivity contribution is 8.29. The molecule has 0 saturated heterocycles. The van der Waals surface area contributed by atoms with Gasteiger partial charge in [-0.1, -0.05) is 11.8 Å². The Morgan fingerprint density at radius 3 is 2.24 bits per heavy atom. The molecule has 1 unspecified atom stereocenters. The molecule has 0 heterocycles. The molecule has 0 radical (unpaired) electrons. The number of nitrogens with one attached hydrogen (secondary N) is 2. The molecule has 0 rings (SSSR count). The average molecular weight is 765 g/mol. The topological polar surface area (TPSA) is 167 Å². The number of ketones is 1. The van der Waals surface area contributed by atoms with Gasteiger partial charge in [0.1, 0.15) is 6.61 Å². The summed E-state index contributed by atoms with van der Waals surface area (Å²) < 4.78 is 16.6. The van der Waals surface area contributed by atoms with Crippen LogP contribution in [0, 0.1) is 0 Å². The van der Waals surface area contributed by atoms with Crippen molar-refractivity contribution >= 4 is 145 Å². The Hall–Kier alpha value is 0.970. The van der Waals surface area contributed by atoms with Crippen LogP contribution >= 0.6 is 106 Å². The van der Waals surface area contributed by atoms with Gasteiger partial charge in [0.05, 0.1) is 64.4 Å². The molecule has 0 aliphatic carbocycles. The average Bonchev–Trinajstić information content (AvgIpc) is 2.95. The lowest BCUT2D eigenvalue weighted by molar-refractivity contribution is -0.118. The molecule has 0 bridgehead atoms. The summed E-state index contributed by atoms with van der Waals surface area (Å²) in [7, 11) is -1.12. The normalized spacial score (nSPS) is 12.1. The van der Waals surface area contributed by atoms with Crippen molar-refractivity contribution in [2.45, 2.75) is 6.42 Å². The van der Waals surface area contributed by atoms with Crippen LogP contribution in [-0.2, 0) is 20.3 Å². The van der Waals surface area contributed by atoms with E-state index in [1.165, 1.54) is 29.1 Å². The first kappa shape index (κ1) is 42.0. The zero-order valence-corrected chi connectivity index (χ0v) is 30.3. The Bertz CT molecular complexity index is 772. The van der Waals surface area contributed by atoms with Gasteiger partial charge in [-0.05, 0) is 0 Å². The van der Waals surface area contributed by atoms with Crippen molar-refractivity contribution < 1.29 is 33.5 Å². The third-order valence-corrected chi connectivity index (χ3v) is 14.8. The van der Waals surface area contributed by atoms with Crippen LogP contribution < -0.4 is 10.6 Å². The maximum absolute atomic E-state index is 12.0. The minimum absolute atomic E-state index is 0.00859. The van der Waals surface area contributed by atoms with E-state index in [-0.39, 0.29) is 43.8 Å². The molecular formula is C20H36N4O7S10. The number of nitrogens with zero attached hydrogens (tertiary/aromatic N) is 2. The number of carbonyl (C=O) groups is 3. The molecule has 0 saturated carbocycles. The predicted octanol–water partition coefficient (Wildman–Crippen LogP) is 4.35. The molecule has 0 aliphatic heterocycles. The Morgan fingerprint density at radius 1 is 0.805 bits per heavy atom. The Morgan fingerprint density at radius 2 is 1.49 bits per heavy atom. The van der Waals surface area contributed by atoms with Gasteiger partial charge in [0.2, 0.25) is 0 Å². The Labute approximate surface area is 282 Å². The van der Waals surface area contributed by atoms with Gasteiger partial charge in [0, 0.05) is 36.9 Å². The molecule has 238 valence electrons. The molecule has 11 nitrogen and oxygen atoms in total. The molecule has 0 aromatic heterocycles. The summed E-state index contributed by atoms with van der Waals surface area (Å²) in [6.07, 6.45) is -0.390. The molecule has 0 aromatic rings. The number of alkyl carbamates (subject to hydrolysis) is 1. The molecule has 4 N–H and O–H groups in total. The summed E-state index contributed by atoms with van der Waals surface area (Å²) in [5.74, 6) is 1.46. The minimum Gasteiger partial charge on any atom is -0.447 e. The number of aliphatic hydroxyl groups excluding tert-OH is 2. The molecule has 21 heteroatoms. The van der Waals surface area contributed by atoms with Gasteiger partial charge in [-0.25, -0.2) is 4.79 Å². The first-order valence-electron chi connectivity index (χ1n) is 11.6. The molecule has 2 amide bonds. The first-order chi connectivity index (χ1) is 20.0. The zero-order valence-electron chi connectivity index (χ0n) is 22.2. The summed E-state index contributed by atoms with van der Waals surface area (Å²) in [5.41, 5.74) is 3.14. The smallest absolute Gasteiger partial charge is 0.407 e. The van der Waals surface area contributed by atoms with E-state index in [0.29, 0.717) is 27.8 Å². The van der Waals surface area contributed by atoms with Crippen LogP contribution in [0.5, 0.6) is 0 Å². The van der Waals surface area contributed by atoms with Crippen molar-refractivity contribution in [3.8, 4) is 0 Å². The van der Waals surface area contributed by atoms with Gasteiger partial charge in [0.25, 0.3) is 5.24 Å². The number of hydrogen-bond donors (Lipinski definition) is 4. The molecule has 0 aliphatic rings. The minimum atomic E-state index is -1.12. The number of thioether (sulfide) groups is 9. The highest BCUT2D eigenvalue weighted by Gasteiger charge is 2.03. The fraction of sp³-hybridized carbons (Fsp3) is 0.750. The van der Waals surface area contributed by atoms with Crippen LogP contribution in [0.1, 0.15) is 6.42 Å². The molecule has 0 spiro atoms. The lowest BCUT2D eigenvalue weighted by Gasteiger charge is -2.05. The van der Waals surface area contributed by atoms with Crippen molar-refractivity contribution in [1.82, 2.24) is 10.6 Å². The third-order valence-electron chi connectivity index (χ3n) is 3.42. The van der Waals surface area contributed by atoms with Crippen molar-refractivity contribution in [3.63, 3.8) is 0 Å². The van der Waals surface area contributed by atoms with Gasteiger partial charge in [-0.15, -0.1) is 94.1 Å². The standard InChI is InChI=1S/C20H36N4O7S10/c25-2-1-18(27)5-21-6-32-11-36-14-35-9-24-20(29)40-16-38-15-39-17-41(30)10-22-7-33-12-37-13-34-8-23-19(28)31-4-3-26/h6,10,25-26H,1-5,7-9,11-17H2,(H,23,28)(H,24,29). The monoisotopic (exact) mass is 764 g/mol. The molecule has 1 atom stereocenters. The SMILES string of the molecule is O=C(CCO)CN=CSCSCSCNC(=O)SCSCSCS(=O)C=NCSCSCSCNC(=O)OCCO. The fourth-order valence-corrected chi connectivity index (χ4v) is 11.9. The number of Topliss-reactive ketones (excluding diaryl/α,β-unsaturated/α-hetero) is 1. The number of amides is 2. The first-order valence-corrected chi connectivity index (χ1v) is 23.0. The second-order valence-corrected chi connectivity index (χ2v) is 19.1. The second-order valence-electron chi connectivity index (χ2n) is 6.61. The van der Waals surface area contributed by atoms with E-state index < -0.39 is 16.9 Å². The largest absolute Gasteiger partial charge is 0.447 e. The summed E-state index contributed by atoms with van der Waals surface area (Å²) in [5, 5.41) is 27.7. The number of carbonyl (C=O) groups excluding carboxylic acids is 3. The lowest BCUT2D eigenvalue weighted by atomic mass is 10.3. The van der Waals surface area contributed by atoms with Crippen molar-refractivity contribution in [2.24, 2.45) is 9.98 Å². The Balaban J connectivity index is 3.43. The number of rotatable bonds is 28. The van der Waals surface area contributed by atoms with Crippen molar-refractivity contribution in [3.05, 3.63) is 0 Å². The highest BCUT2D eigenvalue weighted by atomic mass is 32.3. The Kier molecular flexibility index (Phi) is 34.7. The number of aliphatic hydroxyl groups is 2. The van der Waals surface area contributed by atoms with Crippen LogP contribution in [0.15, 0.2) is 9.98 Å². The van der Waals surface area contributed by atoms with E-state index >= 15 is 0 Å². The van der Waals surface area contributed by atoms with Gasteiger partial charge in [0.15, 0.2) is 5.78 Å². The number of aliphatic imine (C=N–C) groups is 2. The van der Waals surface area contributed by atoms with Gasteiger partial charge >= 0.3 is 6.09 Å². The second kappa shape index (κ2) is 33.9. The maximum atomic E-state index is 12.0. The zero-order chi connectivity index (χ0) is 30.2. The van der Waals surface area contributed by atoms with Crippen LogP contribution in [0.25, 0.3) is 0 Å². The van der Waals surface area contributed by atoms with E-state index in [0.717, 1.165) is 25.4 Å². The summed E-state index contributed by atoms with van der Waals surface area (Å²) in [6, 6.07) is 0. The molecular weight excluding hydrogens is 729 g/mol. The number of hydrogen-bond acceptors (Lipinski definition) is 18. The van der Waals surface area contributed by atoms with Gasteiger partial charge < -0.3 is 25.6 Å². The van der Waals surface area contributed by atoms with Gasteiger partial charge in [-0.2, -0.15) is 0 Å². The summed E-state index contributed by atoms with van der Waals surface area (Å²) in [6.45, 7) is -0.225. The van der Waals surface area contributed by atoms with E-state index in [1.807, 2.05) is 0 Å². The molecule has 0 aromatic carbocycles. The van der Waals surface area contributed by atoms with Crippen LogP contribution in [0.4, 0.5) is 9.59 Å². The lowest BCUT2D eigenvalue weighted by Crippen LogP contribution is -2.24. The van der Waals surface area contributed by atoms with Crippen LogP contribution in [-0.4, -0.2) is 122 Å². The van der Waals surface area contributed by atoms with Crippen molar-refractivity contribution in [1.29, 1.82) is 0 Å². The van der Waals surface area contributed by atoms with Crippen LogP contribution in [0.2, 0.25) is 0 Å². The molecule has 0 fully saturated rings. The number of ether oxygens (including phenoxy) is 1. The van der Waals surface area contributed by atoms with Crippen LogP contribution in [0.3, 0.4) is 0 Å². The summed E-state index contributed by atoms with van der Waals surface area (Å²) in [4.78, 5) is 42.4. The van der Waals surface area contributed by atoms with E-state index in [1.54, 1.807) is 87.9 Å². The van der Waals surface area contributed by atoms with E-state index in [4.69, 9.17) is 10.2 Å². The predicted molar refractivity (Wildman–Crippen MR) is 194 cm³/mol. The quantitative estimate of drug-likeness (QED) is 0.0384. The summed E-state index contributed by atoms with van der Waals surface area (Å²) >= 11 is 14.1. The van der Waals surface area contributed by atoms with E-state index in [2.05, 4.69) is 25.4 Å². The van der Waals surface area contributed by atoms with Gasteiger partial charge in [-0.3, -0.25) is 23.8 Å².